The Kier molecular flexibility index (Phi) is 4.85. The monoisotopic (exact) mass is 301 g/mol. The molecule has 0 spiro atoms. The second kappa shape index (κ2) is 6.62. The maximum absolute atomic E-state index is 9.74. The largest absolute Gasteiger partial charge is 0.489 e. The molecule has 0 saturated heterocycles. The van der Waals surface area contributed by atoms with Gasteiger partial charge in [-0.3, -0.25) is 0 Å². The van der Waals surface area contributed by atoms with Crippen molar-refractivity contribution in [1.82, 2.24) is 0 Å². The van der Waals surface area contributed by atoms with E-state index in [1.54, 1.807) is 18.2 Å². The summed E-state index contributed by atoms with van der Waals surface area (Å²) in [5.41, 5.74) is 3.37. The van der Waals surface area contributed by atoms with Crippen LogP contribution < -0.4 is 4.74 Å². The molecule has 1 N–H and O–H groups in total. The standard InChI is InChI=1S/C17H16ClNO2/c1-11-3-4-12(2)17(7-11)21-10-13-8-14(18)5-6-15(13)16(20)9-19/h3-8,16,20H,10H2,1-2H3/t16-/m0/s1. The molecule has 2 rings (SSSR count). The van der Waals surface area contributed by atoms with Crippen LogP contribution in [0.1, 0.15) is 28.4 Å². The van der Waals surface area contributed by atoms with E-state index in [4.69, 9.17) is 21.6 Å². The number of hydrogen-bond acceptors (Lipinski definition) is 3. The maximum Gasteiger partial charge on any atom is 0.166 e. The first-order valence-corrected chi connectivity index (χ1v) is 6.95. The molecule has 0 fully saturated rings. The summed E-state index contributed by atoms with van der Waals surface area (Å²) < 4.78 is 5.81. The maximum atomic E-state index is 9.74. The van der Waals surface area contributed by atoms with Crippen LogP contribution in [0.3, 0.4) is 0 Å². The lowest BCUT2D eigenvalue weighted by molar-refractivity contribution is 0.229. The predicted molar refractivity (Wildman–Crippen MR) is 82.3 cm³/mol. The van der Waals surface area contributed by atoms with Gasteiger partial charge in [-0.1, -0.05) is 29.8 Å². The van der Waals surface area contributed by atoms with Crippen LogP contribution in [0.5, 0.6) is 5.75 Å². The Bertz CT molecular complexity index is 692. The zero-order chi connectivity index (χ0) is 15.4. The molecule has 1 atom stereocenters. The Morgan fingerprint density at radius 2 is 2.00 bits per heavy atom. The van der Waals surface area contributed by atoms with Gasteiger partial charge < -0.3 is 9.84 Å². The summed E-state index contributed by atoms with van der Waals surface area (Å²) in [6.07, 6.45) is -1.18. The average Bonchev–Trinajstić information content (AvgIpc) is 2.47. The first-order valence-electron chi connectivity index (χ1n) is 6.57. The highest BCUT2D eigenvalue weighted by Crippen LogP contribution is 2.25. The lowest BCUT2D eigenvalue weighted by Gasteiger charge is -2.14. The van der Waals surface area contributed by atoms with Crippen molar-refractivity contribution in [3.8, 4) is 11.8 Å². The summed E-state index contributed by atoms with van der Waals surface area (Å²) in [5, 5.41) is 19.2. The third kappa shape index (κ3) is 3.75. The second-order valence-corrected chi connectivity index (χ2v) is 5.37. The third-order valence-corrected chi connectivity index (χ3v) is 3.48. The van der Waals surface area contributed by atoms with Crippen LogP contribution in [0.15, 0.2) is 36.4 Å². The highest BCUT2D eigenvalue weighted by molar-refractivity contribution is 6.30. The van der Waals surface area contributed by atoms with Crippen molar-refractivity contribution in [3.05, 3.63) is 63.7 Å². The second-order valence-electron chi connectivity index (χ2n) is 4.93. The lowest BCUT2D eigenvalue weighted by Crippen LogP contribution is -2.04. The van der Waals surface area contributed by atoms with Gasteiger partial charge in [-0.05, 0) is 48.7 Å². The topological polar surface area (TPSA) is 53.2 Å². The number of hydrogen-bond donors (Lipinski definition) is 1. The Hall–Kier alpha value is -2.02. The summed E-state index contributed by atoms with van der Waals surface area (Å²) in [6.45, 7) is 4.22. The zero-order valence-electron chi connectivity index (χ0n) is 11.9. The molecular weight excluding hydrogens is 286 g/mol. The van der Waals surface area contributed by atoms with Gasteiger partial charge in [0.05, 0.1) is 6.07 Å². The molecule has 0 saturated carbocycles. The molecule has 0 radical (unpaired) electrons. The van der Waals surface area contributed by atoms with E-state index in [9.17, 15) is 5.11 Å². The fourth-order valence-corrected chi connectivity index (χ4v) is 2.25. The van der Waals surface area contributed by atoms with Gasteiger partial charge in [-0.25, -0.2) is 0 Å². The number of aliphatic hydroxyl groups excluding tert-OH is 1. The minimum atomic E-state index is -1.18. The minimum absolute atomic E-state index is 0.249. The van der Waals surface area contributed by atoms with Gasteiger partial charge in [-0.15, -0.1) is 0 Å². The Balaban J connectivity index is 2.25. The van der Waals surface area contributed by atoms with Crippen molar-refractivity contribution in [1.29, 1.82) is 5.26 Å². The molecule has 0 heterocycles. The van der Waals surface area contributed by atoms with Gasteiger partial charge in [-0.2, -0.15) is 5.26 Å². The van der Waals surface area contributed by atoms with Crippen LogP contribution in [0.4, 0.5) is 0 Å². The Labute approximate surface area is 129 Å². The van der Waals surface area contributed by atoms with E-state index >= 15 is 0 Å². The van der Waals surface area contributed by atoms with Crippen molar-refractivity contribution in [2.24, 2.45) is 0 Å². The van der Waals surface area contributed by atoms with Crippen LogP contribution in [0, 0.1) is 25.2 Å². The molecule has 0 aliphatic carbocycles. The van der Waals surface area contributed by atoms with Crippen molar-refractivity contribution >= 4 is 11.6 Å². The highest BCUT2D eigenvalue weighted by atomic mass is 35.5. The number of ether oxygens (including phenoxy) is 1. The van der Waals surface area contributed by atoms with Gasteiger partial charge in [0.15, 0.2) is 6.10 Å². The van der Waals surface area contributed by atoms with Crippen molar-refractivity contribution in [3.63, 3.8) is 0 Å². The summed E-state index contributed by atoms with van der Waals surface area (Å²) in [7, 11) is 0. The van der Waals surface area contributed by atoms with Gasteiger partial charge in [0.25, 0.3) is 0 Å². The predicted octanol–water partition coefficient (Wildman–Crippen LogP) is 4.09. The number of halogens is 1. The molecule has 0 aromatic heterocycles. The highest BCUT2D eigenvalue weighted by Gasteiger charge is 2.13. The molecule has 0 aliphatic heterocycles. The van der Waals surface area contributed by atoms with Crippen molar-refractivity contribution in [2.45, 2.75) is 26.6 Å². The summed E-state index contributed by atoms with van der Waals surface area (Å²) in [5.74, 6) is 0.785. The first kappa shape index (κ1) is 15.4. The molecule has 2 aromatic rings. The van der Waals surface area contributed by atoms with Crippen molar-refractivity contribution in [2.75, 3.05) is 0 Å². The molecule has 2 aromatic carbocycles. The van der Waals surface area contributed by atoms with Crippen LogP contribution in [-0.2, 0) is 6.61 Å². The van der Waals surface area contributed by atoms with E-state index in [2.05, 4.69) is 0 Å². The minimum Gasteiger partial charge on any atom is -0.489 e. The molecule has 0 amide bonds. The van der Waals surface area contributed by atoms with Crippen LogP contribution in [-0.4, -0.2) is 5.11 Å². The number of benzene rings is 2. The normalized spacial score (nSPS) is 11.8. The molecule has 0 aliphatic rings. The van der Waals surface area contributed by atoms with Crippen LogP contribution in [0.2, 0.25) is 5.02 Å². The van der Waals surface area contributed by atoms with Gasteiger partial charge in [0.2, 0.25) is 0 Å². The summed E-state index contributed by atoms with van der Waals surface area (Å²) in [4.78, 5) is 0. The molecular formula is C17H16ClNO2. The third-order valence-electron chi connectivity index (χ3n) is 3.25. The Morgan fingerprint density at radius 1 is 1.24 bits per heavy atom. The van der Waals surface area contributed by atoms with E-state index in [-0.39, 0.29) is 6.61 Å². The number of aryl methyl sites for hydroxylation is 2. The molecule has 4 heteroatoms. The fraction of sp³-hybridized carbons (Fsp3) is 0.235. The van der Waals surface area contributed by atoms with E-state index in [0.29, 0.717) is 16.1 Å². The molecule has 21 heavy (non-hydrogen) atoms. The van der Waals surface area contributed by atoms with Gasteiger partial charge in [0.1, 0.15) is 12.4 Å². The molecule has 3 nitrogen and oxygen atoms in total. The van der Waals surface area contributed by atoms with Crippen LogP contribution >= 0.6 is 11.6 Å². The van der Waals surface area contributed by atoms with E-state index in [1.807, 2.05) is 38.1 Å². The zero-order valence-corrected chi connectivity index (χ0v) is 12.7. The summed E-state index contributed by atoms with van der Waals surface area (Å²) >= 11 is 5.98. The van der Waals surface area contributed by atoms with Gasteiger partial charge >= 0.3 is 0 Å². The number of aliphatic hydroxyl groups is 1. The quantitative estimate of drug-likeness (QED) is 0.865. The number of nitriles is 1. The summed E-state index contributed by atoms with van der Waals surface area (Å²) in [6, 6.07) is 12.8. The Morgan fingerprint density at radius 3 is 2.71 bits per heavy atom. The smallest absolute Gasteiger partial charge is 0.166 e. The van der Waals surface area contributed by atoms with Crippen molar-refractivity contribution < 1.29 is 9.84 Å². The van der Waals surface area contributed by atoms with E-state index in [0.717, 1.165) is 16.9 Å². The number of rotatable bonds is 4. The van der Waals surface area contributed by atoms with E-state index < -0.39 is 6.10 Å². The molecule has 0 bridgehead atoms. The first-order chi connectivity index (χ1) is 10.0. The average molecular weight is 302 g/mol. The molecule has 108 valence electrons. The van der Waals surface area contributed by atoms with Crippen LogP contribution in [0.25, 0.3) is 0 Å². The SMILES string of the molecule is Cc1ccc(C)c(OCc2cc(Cl)ccc2[C@@H](O)C#N)c1. The van der Waals surface area contributed by atoms with Gasteiger partial charge in [0, 0.05) is 10.6 Å². The molecule has 0 unspecified atom stereocenters. The lowest BCUT2D eigenvalue weighted by atomic mass is 10.0. The number of nitrogens with zero attached hydrogens (tertiary/aromatic N) is 1. The fourth-order valence-electron chi connectivity index (χ4n) is 2.05. The van der Waals surface area contributed by atoms with E-state index in [1.165, 1.54) is 0 Å².